The van der Waals surface area contributed by atoms with E-state index in [4.69, 9.17) is 14.0 Å². The van der Waals surface area contributed by atoms with Crippen molar-refractivity contribution in [1.82, 2.24) is 20.1 Å². The van der Waals surface area contributed by atoms with Crippen LogP contribution in [-0.4, -0.2) is 43.5 Å². The summed E-state index contributed by atoms with van der Waals surface area (Å²) >= 11 is 3.30. The summed E-state index contributed by atoms with van der Waals surface area (Å²) in [7, 11) is 0. The van der Waals surface area contributed by atoms with Crippen LogP contribution in [-0.2, 0) is 9.47 Å². The number of amides is 2. The molecular formula is C25H26BrN5O5. The molecule has 2 amide bonds. The number of halogens is 1. The second kappa shape index (κ2) is 9.38. The second-order valence-corrected chi connectivity index (χ2v) is 10.8. The van der Waals surface area contributed by atoms with Crippen LogP contribution in [0.4, 0.5) is 15.4 Å². The van der Waals surface area contributed by atoms with Gasteiger partial charge < -0.3 is 19.0 Å². The summed E-state index contributed by atoms with van der Waals surface area (Å²) in [5.41, 5.74) is 0.697. The molecule has 0 spiro atoms. The van der Waals surface area contributed by atoms with Crippen LogP contribution in [0.3, 0.4) is 0 Å². The summed E-state index contributed by atoms with van der Waals surface area (Å²) in [6.45, 7) is 10.1. The summed E-state index contributed by atoms with van der Waals surface area (Å²) in [5.74, 6) is 0.0746. The van der Waals surface area contributed by atoms with Crippen LogP contribution in [0.15, 0.2) is 51.9 Å². The van der Waals surface area contributed by atoms with Crippen molar-refractivity contribution in [2.75, 3.05) is 4.90 Å². The number of aromatic amines is 1. The number of nitrogens with one attached hydrogen (secondary N) is 1. The molecule has 0 atom stereocenters. The minimum absolute atomic E-state index is 0.0996. The zero-order valence-corrected chi connectivity index (χ0v) is 22.3. The number of H-pyrrole nitrogens is 1. The van der Waals surface area contributed by atoms with Crippen LogP contribution < -0.4 is 4.90 Å². The van der Waals surface area contributed by atoms with Crippen LogP contribution in [0.25, 0.3) is 33.6 Å². The van der Waals surface area contributed by atoms with Gasteiger partial charge in [0.25, 0.3) is 0 Å². The maximum absolute atomic E-state index is 13.2. The Morgan fingerprint density at radius 3 is 2.31 bits per heavy atom. The van der Waals surface area contributed by atoms with Gasteiger partial charge in [-0.1, -0.05) is 11.2 Å². The Kier molecular flexibility index (Phi) is 6.61. The van der Waals surface area contributed by atoms with Gasteiger partial charge in [0, 0.05) is 28.7 Å². The first-order valence-electron chi connectivity index (χ1n) is 11.1. The topological polar surface area (TPSA) is 123 Å². The number of benzene rings is 1. The molecule has 0 aliphatic rings. The summed E-state index contributed by atoms with van der Waals surface area (Å²) in [6.07, 6.45) is 1.28. The predicted octanol–water partition coefficient (Wildman–Crippen LogP) is 6.72. The van der Waals surface area contributed by atoms with E-state index in [-0.39, 0.29) is 17.3 Å². The summed E-state index contributed by atoms with van der Waals surface area (Å²) in [5, 5.41) is 5.19. The number of nitrogens with zero attached hydrogens (tertiary/aromatic N) is 4. The number of rotatable bonds is 3. The van der Waals surface area contributed by atoms with Crippen molar-refractivity contribution >= 4 is 44.8 Å². The highest BCUT2D eigenvalue weighted by atomic mass is 79.9. The predicted molar refractivity (Wildman–Crippen MR) is 137 cm³/mol. The number of carbonyl (C=O) groups excluding carboxylic acids is 2. The van der Waals surface area contributed by atoms with E-state index in [1.54, 1.807) is 47.6 Å². The van der Waals surface area contributed by atoms with E-state index in [1.807, 2.05) is 30.5 Å². The Balaban J connectivity index is 1.79. The van der Waals surface area contributed by atoms with Gasteiger partial charge in [0.2, 0.25) is 0 Å². The number of anilines is 1. The third kappa shape index (κ3) is 5.73. The molecule has 1 N–H and O–H groups in total. The van der Waals surface area contributed by atoms with Crippen molar-refractivity contribution in [2.24, 2.45) is 0 Å². The lowest BCUT2D eigenvalue weighted by molar-refractivity contribution is 0.0429. The average molecular weight is 556 g/mol. The molecule has 0 aliphatic carbocycles. The first-order valence-corrected chi connectivity index (χ1v) is 11.9. The number of carbonyl (C=O) groups is 2. The number of fused-ring (bicyclic) bond motifs is 1. The first kappa shape index (κ1) is 25.4. The van der Waals surface area contributed by atoms with E-state index >= 15 is 0 Å². The molecule has 188 valence electrons. The quantitative estimate of drug-likeness (QED) is 0.295. The van der Waals surface area contributed by atoms with E-state index in [9.17, 15) is 9.59 Å². The Labute approximate surface area is 216 Å². The van der Waals surface area contributed by atoms with Crippen molar-refractivity contribution < 1.29 is 23.6 Å². The standard InChI is InChI=1S/C25H26BrN5O5/c1-24(2,3)34-22(32)31(23(33)35-25(4,5)6)21-20(29-19(26)13-28-21)18-12-17(30-36-18)14-7-8-16-15(11-14)9-10-27-16/h7-13,27H,1-6H3. The van der Waals surface area contributed by atoms with Crippen LogP contribution in [0.1, 0.15) is 41.5 Å². The van der Waals surface area contributed by atoms with E-state index in [1.165, 1.54) is 6.20 Å². The van der Waals surface area contributed by atoms with Gasteiger partial charge in [-0.15, -0.1) is 0 Å². The normalized spacial score (nSPS) is 12.0. The van der Waals surface area contributed by atoms with E-state index in [2.05, 4.69) is 36.0 Å². The Morgan fingerprint density at radius 1 is 1.00 bits per heavy atom. The fourth-order valence-electron chi connectivity index (χ4n) is 3.29. The monoisotopic (exact) mass is 555 g/mol. The first-order chi connectivity index (χ1) is 16.8. The molecule has 10 nitrogen and oxygen atoms in total. The number of ether oxygens (including phenoxy) is 2. The maximum atomic E-state index is 13.2. The number of imide groups is 1. The number of hydrogen-bond donors (Lipinski definition) is 1. The molecule has 0 saturated carbocycles. The van der Waals surface area contributed by atoms with Crippen molar-refractivity contribution in [3.8, 4) is 22.7 Å². The highest BCUT2D eigenvalue weighted by molar-refractivity contribution is 9.10. The molecule has 3 heterocycles. The Bertz CT molecular complexity index is 1400. The van der Waals surface area contributed by atoms with E-state index in [0.29, 0.717) is 15.2 Å². The molecule has 0 saturated heterocycles. The van der Waals surface area contributed by atoms with Gasteiger partial charge in [-0.05, 0) is 75.7 Å². The molecular weight excluding hydrogens is 530 g/mol. The zero-order chi connectivity index (χ0) is 26.3. The second-order valence-electron chi connectivity index (χ2n) is 10.0. The lowest BCUT2D eigenvalue weighted by atomic mass is 10.1. The molecule has 0 aliphatic heterocycles. The van der Waals surface area contributed by atoms with Crippen molar-refractivity contribution in [2.45, 2.75) is 52.7 Å². The highest BCUT2D eigenvalue weighted by Crippen LogP contribution is 2.34. The lowest BCUT2D eigenvalue weighted by Crippen LogP contribution is -2.44. The van der Waals surface area contributed by atoms with Gasteiger partial charge in [-0.3, -0.25) is 0 Å². The summed E-state index contributed by atoms with van der Waals surface area (Å²) in [4.78, 5) is 38.9. The molecule has 11 heteroatoms. The lowest BCUT2D eigenvalue weighted by Gasteiger charge is -2.28. The molecule has 36 heavy (non-hydrogen) atoms. The van der Waals surface area contributed by atoms with E-state index in [0.717, 1.165) is 16.5 Å². The SMILES string of the molecule is CC(C)(C)OC(=O)N(C(=O)OC(C)(C)C)c1ncc(Br)nc1-c1cc(-c2ccc3[nH]ccc3c2)no1. The van der Waals surface area contributed by atoms with Crippen LogP contribution in [0, 0.1) is 0 Å². The summed E-state index contributed by atoms with van der Waals surface area (Å²) < 4.78 is 16.9. The smallest absolute Gasteiger partial charge is 0.425 e. The minimum atomic E-state index is -0.965. The molecule has 0 bridgehead atoms. The average Bonchev–Trinajstić information content (AvgIpc) is 3.41. The van der Waals surface area contributed by atoms with Crippen LogP contribution in [0.2, 0.25) is 0 Å². The molecule has 0 unspecified atom stereocenters. The summed E-state index contributed by atoms with van der Waals surface area (Å²) in [6, 6.07) is 9.43. The minimum Gasteiger partial charge on any atom is -0.443 e. The third-order valence-corrected chi connectivity index (χ3v) is 5.06. The van der Waals surface area contributed by atoms with Crippen LogP contribution in [0.5, 0.6) is 0 Å². The molecule has 4 aromatic rings. The van der Waals surface area contributed by atoms with Crippen molar-refractivity contribution in [3.05, 3.63) is 47.3 Å². The van der Waals surface area contributed by atoms with Gasteiger partial charge in [-0.2, -0.15) is 4.90 Å². The number of aromatic nitrogens is 4. The fourth-order valence-corrected chi connectivity index (χ4v) is 3.57. The molecule has 3 aromatic heterocycles. The Hall–Kier alpha value is -3.73. The van der Waals surface area contributed by atoms with Gasteiger partial charge in [0.15, 0.2) is 17.3 Å². The van der Waals surface area contributed by atoms with Gasteiger partial charge in [0.05, 0.1) is 6.20 Å². The van der Waals surface area contributed by atoms with E-state index < -0.39 is 23.4 Å². The molecule has 4 rings (SSSR count). The van der Waals surface area contributed by atoms with Gasteiger partial charge in [0.1, 0.15) is 21.5 Å². The van der Waals surface area contributed by atoms with Gasteiger partial charge in [-0.25, -0.2) is 19.6 Å². The van der Waals surface area contributed by atoms with Crippen molar-refractivity contribution in [3.63, 3.8) is 0 Å². The highest BCUT2D eigenvalue weighted by Gasteiger charge is 2.36. The maximum Gasteiger partial charge on any atom is 0.425 e. The van der Waals surface area contributed by atoms with Crippen molar-refractivity contribution in [1.29, 1.82) is 0 Å². The zero-order valence-electron chi connectivity index (χ0n) is 20.7. The fraction of sp³-hybridized carbons (Fsp3) is 0.320. The Morgan fingerprint density at radius 2 is 1.67 bits per heavy atom. The molecule has 1 aromatic carbocycles. The molecule has 0 radical (unpaired) electrons. The third-order valence-electron chi connectivity index (χ3n) is 4.68. The largest absolute Gasteiger partial charge is 0.443 e. The molecule has 0 fully saturated rings. The van der Waals surface area contributed by atoms with Gasteiger partial charge >= 0.3 is 12.2 Å². The number of hydrogen-bond acceptors (Lipinski definition) is 8. The van der Waals surface area contributed by atoms with Crippen LogP contribution >= 0.6 is 15.9 Å².